The summed E-state index contributed by atoms with van der Waals surface area (Å²) in [5.41, 5.74) is 0. The predicted molar refractivity (Wildman–Crippen MR) is 55.1 cm³/mol. The van der Waals surface area contributed by atoms with E-state index < -0.39 is 0 Å². The van der Waals surface area contributed by atoms with Crippen LogP contribution in [0.3, 0.4) is 0 Å². The van der Waals surface area contributed by atoms with Gasteiger partial charge in [0.05, 0.1) is 0 Å². The van der Waals surface area contributed by atoms with E-state index in [9.17, 15) is 4.79 Å². The second kappa shape index (κ2) is 5.12. The minimum atomic E-state index is 0.498. The first-order chi connectivity index (χ1) is 5.33. The van der Waals surface area contributed by atoms with Crippen molar-refractivity contribution in [3.05, 3.63) is 0 Å². The molecule has 64 valence electrons. The van der Waals surface area contributed by atoms with Gasteiger partial charge in [0, 0.05) is 12.8 Å². The minimum Gasteiger partial charge on any atom is -0.300 e. The van der Waals surface area contributed by atoms with Crippen molar-refractivity contribution >= 4 is 28.4 Å². The lowest BCUT2D eigenvalue weighted by atomic mass is 9.97. The molecule has 1 atom stereocenters. The molecule has 0 aromatic carbocycles. The Morgan fingerprint density at radius 3 is 3.00 bits per heavy atom. The molecule has 1 rings (SSSR count). The van der Waals surface area contributed by atoms with Gasteiger partial charge in [-0.05, 0) is 29.6 Å². The Balaban J connectivity index is 2.33. The molecule has 1 fully saturated rings. The van der Waals surface area contributed by atoms with Crippen LogP contribution in [-0.4, -0.2) is 10.2 Å². The highest BCUT2D eigenvalue weighted by molar-refractivity contribution is 14.1. The highest BCUT2D eigenvalue weighted by atomic mass is 127. The molecule has 0 N–H and O–H groups in total. The van der Waals surface area contributed by atoms with Gasteiger partial charge in [0.2, 0.25) is 0 Å². The molecule has 0 bridgehead atoms. The Kier molecular flexibility index (Phi) is 4.41. The van der Waals surface area contributed by atoms with Crippen molar-refractivity contribution in [3.63, 3.8) is 0 Å². The fourth-order valence-corrected chi connectivity index (χ4v) is 2.56. The van der Waals surface area contributed by atoms with Crippen molar-refractivity contribution in [3.8, 4) is 0 Å². The number of hydrogen-bond donors (Lipinski definition) is 0. The summed E-state index contributed by atoms with van der Waals surface area (Å²) < 4.78 is 1.20. The van der Waals surface area contributed by atoms with Gasteiger partial charge in [-0.15, -0.1) is 0 Å². The first kappa shape index (κ1) is 9.49. The number of alkyl halides is 1. The Hall–Kier alpha value is 0.400. The number of carbonyl (C=O) groups is 1. The highest BCUT2D eigenvalue weighted by Gasteiger charge is 2.16. The van der Waals surface area contributed by atoms with Gasteiger partial charge in [0.25, 0.3) is 0 Å². The molecule has 1 aliphatic carbocycles. The second-order valence-electron chi connectivity index (χ2n) is 3.33. The molecule has 2 heteroatoms. The quantitative estimate of drug-likeness (QED) is 0.426. The van der Waals surface area contributed by atoms with E-state index >= 15 is 0 Å². The summed E-state index contributed by atoms with van der Waals surface area (Å²) in [5, 5.41) is 0. The molecule has 0 saturated heterocycles. The molecule has 0 aromatic heterocycles. The molecule has 0 radical (unpaired) electrons. The third kappa shape index (κ3) is 3.54. The van der Waals surface area contributed by atoms with E-state index in [0.29, 0.717) is 11.7 Å². The number of rotatable bonds is 2. The lowest BCUT2D eigenvalue weighted by molar-refractivity contribution is -0.119. The monoisotopic (exact) mass is 266 g/mol. The van der Waals surface area contributed by atoms with E-state index in [1.54, 1.807) is 0 Å². The van der Waals surface area contributed by atoms with E-state index in [1.165, 1.54) is 23.7 Å². The molecule has 11 heavy (non-hydrogen) atoms. The van der Waals surface area contributed by atoms with Gasteiger partial charge in [-0.1, -0.05) is 29.0 Å². The smallest absolute Gasteiger partial charge is 0.133 e. The number of ketones is 1. The lowest BCUT2D eigenvalue weighted by Gasteiger charge is -2.09. The predicted octanol–water partition coefficient (Wildman–Crippen LogP) is 2.96. The standard InChI is InChI=1S/C9H15IO/c10-6-5-8-3-1-2-4-9(11)7-8/h8H,1-7H2. The zero-order chi connectivity index (χ0) is 8.10. The van der Waals surface area contributed by atoms with Crippen molar-refractivity contribution in [1.29, 1.82) is 0 Å². The van der Waals surface area contributed by atoms with Crippen LogP contribution < -0.4 is 0 Å². The van der Waals surface area contributed by atoms with E-state index in [1.807, 2.05) is 0 Å². The zero-order valence-electron chi connectivity index (χ0n) is 6.81. The van der Waals surface area contributed by atoms with Crippen LogP contribution in [0.2, 0.25) is 0 Å². The minimum absolute atomic E-state index is 0.498. The Labute approximate surface area is 82.1 Å². The average Bonchev–Trinajstić information content (AvgIpc) is 2.15. The summed E-state index contributed by atoms with van der Waals surface area (Å²) in [6.07, 6.45) is 6.64. The molecule has 0 spiro atoms. The summed E-state index contributed by atoms with van der Waals surface area (Å²) in [6, 6.07) is 0. The van der Waals surface area contributed by atoms with Crippen LogP contribution >= 0.6 is 22.6 Å². The van der Waals surface area contributed by atoms with E-state index in [4.69, 9.17) is 0 Å². The van der Waals surface area contributed by atoms with Gasteiger partial charge in [-0.25, -0.2) is 0 Å². The molecule has 1 aliphatic rings. The Morgan fingerprint density at radius 2 is 2.27 bits per heavy atom. The SMILES string of the molecule is O=C1CCCCC(CCI)C1. The van der Waals surface area contributed by atoms with Gasteiger partial charge in [0.1, 0.15) is 5.78 Å². The third-order valence-electron chi connectivity index (χ3n) is 2.35. The fourth-order valence-electron chi connectivity index (χ4n) is 1.68. The van der Waals surface area contributed by atoms with Crippen LogP contribution in [-0.2, 0) is 4.79 Å². The zero-order valence-corrected chi connectivity index (χ0v) is 8.97. The summed E-state index contributed by atoms with van der Waals surface area (Å²) in [7, 11) is 0. The molecule has 0 amide bonds. The van der Waals surface area contributed by atoms with Crippen LogP contribution in [0.15, 0.2) is 0 Å². The molecular formula is C9H15IO. The van der Waals surface area contributed by atoms with Gasteiger partial charge >= 0.3 is 0 Å². The number of halogens is 1. The van der Waals surface area contributed by atoms with Gasteiger partial charge in [-0.2, -0.15) is 0 Å². The summed E-state index contributed by atoms with van der Waals surface area (Å²) in [4.78, 5) is 11.2. The molecule has 1 nitrogen and oxygen atoms in total. The molecule has 0 aliphatic heterocycles. The summed E-state index contributed by atoms with van der Waals surface area (Å²) in [5.74, 6) is 1.21. The van der Waals surface area contributed by atoms with Gasteiger partial charge in [0.15, 0.2) is 0 Å². The molecule has 0 heterocycles. The molecule has 0 aromatic rings. The number of carbonyl (C=O) groups excluding carboxylic acids is 1. The maximum absolute atomic E-state index is 11.2. The Bertz CT molecular complexity index is 134. The normalized spacial score (nSPS) is 26.6. The van der Waals surface area contributed by atoms with Crippen LogP contribution in [0.25, 0.3) is 0 Å². The molecule has 1 unspecified atom stereocenters. The van der Waals surface area contributed by atoms with Gasteiger partial charge in [-0.3, -0.25) is 4.79 Å². The average molecular weight is 266 g/mol. The molecular weight excluding hydrogens is 251 g/mol. The van der Waals surface area contributed by atoms with Crippen LogP contribution in [0.4, 0.5) is 0 Å². The maximum Gasteiger partial charge on any atom is 0.133 e. The number of Topliss-reactive ketones (excluding diaryl/α,β-unsaturated/α-hetero) is 1. The summed E-state index contributed by atoms with van der Waals surface area (Å²) in [6.45, 7) is 0. The maximum atomic E-state index is 11.2. The first-order valence-electron chi connectivity index (χ1n) is 4.40. The van der Waals surface area contributed by atoms with E-state index in [-0.39, 0.29) is 0 Å². The Morgan fingerprint density at radius 1 is 1.45 bits per heavy atom. The molecule has 1 saturated carbocycles. The highest BCUT2D eigenvalue weighted by Crippen LogP contribution is 2.23. The number of hydrogen-bond acceptors (Lipinski definition) is 1. The largest absolute Gasteiger partial charge is 0.300 e. The van der Waals surface area contributed by atoms with Crippen molar-refractivity contribution in [2.75, 3.05) is 4.43 Å². The van der Waals surface area contributed by atoms with Crippen LogP contribution in [0.5, 0.6) is 0 Å². The summed E-state index contributed by atoms with van der Waals surface area (Å²) >= 11 is 2.40. The third-order valence-corrected chi connectivity index (χ3v) is 2.97. The van der Waals surface area contributed by atoms with E-state index in [2.05, 4.69) is 22.6 Å². The van der Waals surface area contributed by atoms with E-state index in [0.717, 1.165) is 19.3 Å². The van der Waals surface area contributed by atoms with Crippen molar-refractivity contribution in [1.82, 2.24) is 0 Å². The van der Waals surface area contributed by atoms with Crippen LogP contribution in [0, 0.1) is 5.92 Å². The van der Waals surface area contributed by atoms with Crippen molar-refractivity contribution in [2.24, 2.45) is 5.92 Å². The topological polar surface area (TPSA) is 17.1 Å². The van der Waals surface area contributed by atoms with Gasteiger partial charge < -0.3 is 0 Å². The fraction of sp³-hybridized carbons (Fsp3) is 0.889. The van der Waals surface area contributed by atoms with Crippen molar-refractivity contribution in [2.45, 2.75) is 38.5 Å². The van der Waals surface area contributed by atoms with Crippen LogP contribution in [0.1, 0.15) is 38.5 Å². The first-order valence-corrected chi connectivity index (χ1v) is 5.93. The second-order valence-corrected chi connectivity index (χ2v) is 4.41. The lowest BCUT2D eigenvalue weighted by Crippen LogP contribution is -2.05. The van der Waals surface area contributed by atoms with Crippen molar-refractivity contribution < 1.29 is 4.79 Å².